The van der Waals surface area contributed by atoms with Gasteiger partial charge in [-0.3, -0.25) is 10.1 Å². The number of likely N-dealkylation sites (N-methyl/N-ethyl adjacent to an activating group) is 1. The molecule has 6 bridgehead atoms. The van der Waals surface area contributed by atoms with Gasteiger partial charge in [0.2, 0.25) is 0 Å². The van der Waals surface area contributed by atoms with Gasteiger partial charge in [0, 0.05) is 34.8 Å². The van der Waals surface area contributed by atoms with Crippen molar-refractivity contribution < 1.29 is 28.1 Å². The molecule has 0 amide bonds. The van der Waals surface area contributed by atoms with Crippen LogP contribution in [0.4, 0.5) is 15.0 Å². The smallest absolute Gasteiger partial charge is 0.462 e. The number of rotatable bonds is 3. The van der Waals surface area contributed by atoms with E-state index in [1.165, 1.54) is 0 Å². The van der Waals surface area contributed by atoms with Crippen LogP contribution in [0.15, 0.2) is 18.5 Å². The van der Waals surface area contributed by atoms with Crippen LogP contribution in [0.25, 0.3) is 33.1 Å². The minimum atomic E-state index is -0.784. The molecule has 1 N–H and O–H groups in total. The fraction of sp³-hybridized carbons (Fsp3) is 0.483. The standard InChI is InChI=1S/C29H31ClFN7O5/c1-37-6-2-4-16(37)14-42-28-34-25-20-11-32-26(24(25)31)23-18(21(30)10-22-19(23)12-33-36-22)5-3-8-41-29(39)43-17-13-38(27(20)35-28)7-9-40-15-17/h10-12,16-17H,2-9,13-15H2,1H3,(H,33,36)/t16-,17+/m1/s1. The molecular weight excluding hydrogens is 581 g/mol. The summed E-state index contributed by atoms with van der Waals surface area (Å²) in [5, 5.41) is 8.56. The SMILES string of the molecule is CN1CCC[C@@H]1COc1nc2c3cnc(c(F)c3n1)-c1c(c(Cl)cc3[nH]ncc13)CCCOC(=O)O[C@@H]1COCCN2C1. The maximum Gasteiger partial charge on any atom is 0.508 e. The number of pyridine rings is 1. The van der Waals surface area contributed by atoms with Gasteiger partial charge in [-0.25, -0.2) is 9.18 Å². The van der Waals surface area contributed by atoms with E-state index < -0.39 is 18.1 Å². The lowest BCUT2D eigenvalue weighted by molar-refractivity contribution is -0.00448. The van der Waals surface area contributed by atoms with Crippen molar-refractivity contribution in [2.45, 2.75) is 37.8 Å². The summed E-state index contributed by atoms with van der Waals surface area (Å²) in [6.07, 6.45) is 4.68. The molecule has 4 aliphatic heterocycles. The van der Waals surface area contributed by atoms with E-state index in [9.17, 15) is 4.79 Å². The van der Waals surface area contributed by atoms with Crippen LogP contribution in [0.1, 0.15) is 24.8 Å². The van der Waals surface area contributed by atoms with E-state index in [1.807, 2.05) is 4.90 Å². The number of aromatic amines is 1. The molecule has 3 aromatic heterocycles. The van der Waals surface area contributed by atoms with Crippen molar-refractivity contribution >= 4 is 45.4 Å². The second kappa shape index (κ2) is 11.7. The lowest BCUT2D eigenvalue weighted by Gasteiger charge is -2.26. The zero-order chi connectivity index (χ0) is 29.5. The highest BCUT2D eigenvalue weighted by atomic mass is 35.5. The number of ether oxygens (including phenoxy) is 4. The number of fused-ring (bicyclic) bond motifs is 7. The number of H-pyrrole nitrogens is 1. The Hall–Kier alpha value is -3.81. The summed E-state index contributed by atoms with van der Waals surface area (Å²) in [6, 6.07) is 2.02. The maximum absolute atomic E-state index is 16.8. The topological polar surface area (TPSA) is 128 Å². The largest absolute Gasteiger partial charge is 0.508 e. The molecule has 4 aliphatic rings. The first-order valence-electron chi connectivity index (χ1n) is 14.5. The number of carbonyl (C=O) groups excluding carboxylic acids is 1. The minimum Gasteiger partial charge on any atom is -0.462 e. The van der Waals surface area contributed by atoms with Crippen molar-refractivity contribution in [3.05, 3.63) is 34.9 Å². The summed E-state index contributed by atoms with van der Waals surface area (Å²) in [5.74, 6) is -0.204. The summed E-state index contributed by atoms with van der Waals surface area (Å²) in [6.45, 7) is 2.66. The zero-order valence-electron chi connectivity index (χ0n) is 23.6. The van der Waals surface area contributed by atoms with Gasteiger partial charge in [0.25, 0.3) is 0 Å². The lowest BCUT2D eigenvalue weighted by atomic mass is 9.95. The van der Waals surface area contributed by atoms with Crippen molar-refractivity contribution in [1.82, 2.24) is 30.0 Å². The Morgan fingerprint density at radius 3 is 2.95 bits per heavy atom. The molecule has 0 radical (unpaired) electrons. The van der Waals surface area contributed by atoms with E-state index in [0.717, 1.165) is 19.4 Å². The van der Waals surface area contributed by atoms with Crippen LogP contribution < -0.4 is 9.64 Å². The number of likely N-dealkylation sites (tertiary alicyclic amines) is 1. The van der Waals surface area contributed by atoms with Gasteiger partial charge >= 0.3 is 12.2 Å². The van der Waals surface area contributed by atoms with Crippen molar-refractivity contribution in [3.8, 4) is 17.3 Å². The van der Waals surface area contributed by atoms with Gasteiger partial charge in [-0.2, -0.15) is 15.1 Å². The summed E-state index contributed by atoms with van der Waals surface area (Å²) in [5.41, 5.74) is 1.96. The first-order valence-corrected chi connectivity index (χ1v) is 14.8. The molecule has 0 unspecified atom stereocenters. The number of nitrogens with one attached hydrogen (secondary N) is 1. The molecule has 2 saturated heterocycles. The highest BCUT2D eigenvalue weighted by Gasteiger charge is 2.29. The van der Waals surface area contributed by atoms with Crippen LogP contribution in [0.3, 0.4) is 0 Å². The Labute approximate surface area is 251 Å². The van der Waals surface area contributed by atoms with Crippen molar-refractivity contribution in [3.63, 3.8) is 0 Å². The Morgan fingerprint density at radius 1 is 1.19 bits per heavy atom. The number of hydrogen-bond donors (Lipinski definition) is 1. The quantitative estimate of drug-likeness (QED) is 0.336. The van der Waals surface area contributed by atoms with E-state index in [1.54, 1.807) is 18.5 Å². The van der Waals surface area contributed by atoms with Gasteiger partial charge in [0.1, 0.15) is 29.7 Å². The molecule has 0 spiro atoms. The molecule has 1 aromatic carbocycles. The van der Waals surface area contributed by atoms with Crippen LogP contribution in [0.2, 0.25) is 5.02 Å². The predicted molar refractivity (Wildman–Crippen MR) is 156 cm³/mol. The summed E-state index contributed by atoms with van der Waals surface area (Å²) in [7, 11) is 2.06. The third-order valence-corrected chi connectivity index (χ3v) is 8.68. The second-order valence-corrected chi connectivity index (χ2v) is 11.5. The molecule has 7 heterocycles. The number of carbonyl (C=O) groups is 1. The molecule has 0 saturated carbocycles. The fourth-order valence-corrected chi connectivity index (χ4v) is 6.39. The Kier molecular flexibility index (Phi) is 7.62. The Morgan fingerprint density at radius 2 is 2.09 bits per heavy atom. The van der Waals surface area contributed by atoms with Gasteiger partial charge in [-0.05, 0) is 50.9 Å². The van der Waals surface area contributed by atoms with Crippen LogP contribution in [0.5, 0.6) is 6.01 Å². The fourth-order valence-electron chi connectivity index (χ4n) is 6.10. The molecule has 14 heteroatoms. The first kappa shape index (κ1) is 28.0. The highest BCUT2D eigenvalue weighted by molar-refractivity contribution is 6.33. The predicted octanol–water partition coefficient (Wildman–Crippen LogP) is 4.14. The molecule has 2 atom stereocenters. The van der Waals surface area contributed by atoms with Gasteiger partial charge in [0.15, 0.2) is 5.82 Å². The molecular formula is C29H31ClFN7O5. The van der Waals surface area contributed by atoms with E-state index in [0.29, 0.717) is 70.9 Å². The van der Waals surface area contributed by atoms with Crippen LogP contribution in [-0.4, -0.2) is 101 Å². The number of nitrogens with zero attached hydrogens (tertiary/aromatic N) is 6. The Bertz CT molecular complexity index is 1690. The third-order valence-electron chi connectivity index (χ3n) is 8.34. The molecule has 226 valence electrons. The minimum absolute atomic E-state index is 0.0572. The normalized spacial score (nSPS) is 21.7. The van der Waals surface area contributed by atoms with Crippen molar-refractivity contribution in [2.24, 2.45) is 0 Å². The average Bonchev–Trinajstić information content (AvgIpc) is 3.56. The van der Waals surface area contributed by atoms with E-state index in [4.69, 9.17) is 35.5 Å². The number of benzene rings is 1. The van der Waals surface area contributed by atoms with Gasteiger partial charge in [-0.1, -0.05) is 11.6 Å². The van der Waals surface area contributed by atoms with Gasteiger partial charge in [0.05, 0.1) is 43.5 Å². The average molecular weight is 612 g/mol. The van der Waals surface area contributed by atoms with E-state index in [2.05, 4.69) is 32.1 Å². The molecule has 8 rings (SSSR count). The van der Waals surface area contributed by atoms with Crippen LogP contribution >= 0.6 is 11.6 Å². The number of hydrogen-bond acceptors (Lipinski definition) is 11. The maximum atomic E-state index is 16.8. The molecule has 2 fully saturated rings. The van der Waals surface area contributed by atoms with E-state index >= 15 is 4.39 Å². The molecule has 43 heavy (non-hydrogen) atoms. The highest BCUT2D eigenvalue weighted by Crippen LogP contribution is 2.40. The Balaban J connectivity index is 1.42. The van der Waals surface area contributed by atoms with Crippen molar-refractivity contribution in [1.29, 1.82) is 0 Å². The molecule has 4 aromatic rings. The summed E-state index contributed by atoms with van der Waals surface area (Å²) >= 11 is 6.73. The lowest BCUT2D eigenvalue weighted by Crippen LogP contribution is -2.36. The molecule has 12 nitrogen and oxygen atoms in total. The third kappa shape index (κ3) is 5.41. The second-order valence-electron chi connectivity index (χ2n) is 11.1. The summed E-state index contributed by atoms with van der Waals surface area (Å²) < 4.78 is 39.7. The van der Waals surface area contributed by atoms with Gasteiger partial charge < -0.3 is 28.7 Å². The first-order chi connectivity index (χ1) is 21.0. The van der Waals surface area contributed by atoms with Crippen LogP contribution in [-0.2, 0) is 20.6 Å². The van der Waals surface area contributed by atoms with Crippen molar-refractivity contribution in [2.75, 3.05) is 58.0 Å². The van der Waals surface area contributed by atoms with E-state index in [-0.39, 0.29) is 43.0 Å². The zero-order valence-corrected chi connectivity index (χ0v) is 24.4. The number of aromatic nitrogens is 5. The number of anilines is 1. The van der Waals surface area contributed by atoms with Gasteiger partial charge in [-0.15, -0.1) is 0 Å². The van der Waals surface area contributed by atoms with Crippen LogP contribution in [0, 0.1) is 5.82 Å². The number of halogens is 2. The summed E-state index contributed by atoms with van der Waals surface area (Å²) in [4.78, 5) is 30.7. The molecule has 0 aliphatic carbocycles. The monoisotopic (exact) mass is 611 g/mol.